The van der Waals surface area contributed by atoms with E-state index in [0.29, 0.717) is 0 Å². The Labute approximate surface area is 100.0 Å². The van der Waals surface area contributed by atoms with Gasteiger partial charge in [-0.15, -0.1) is 11.8 Å². The van der Waals surface area contributed by atoms with Crippen LogP contribution in [0.5, 0.6) is 0 Å². The highest BCUT2D eigenvalue weighted by Crippen LogP contribution is 2.23. The molecule has 2 rings (SSSR count). The first-order valence-electron chi connectivity index (χ1n) is 5.45. The van der Waals surface area contributed by atoms with E-state index in [1.807, 2.05) is 23.9 Å². The molecule has 0 atom stereocenters. The predicted octanol–water partition coefficient (Wildman–Crippen LogP) is 1.96. The second kappa shape index (κ2) is 5.37. The highest BCUT2D eigenvalue weighted by atomic mass is 32.2. The van der Waals surface area contributed by atoms with Gasteiger partial charge in [-0.1, -0.05) is 0 Å². The lowest BCUT2D eigenvalue weighted by atomic mass is 10.1. The normalized spacial score (nSPS) is 15.6. The van der Waals surface area contributed by atoms with Gasteiger partial charge in [0.05, 0.1) is 0 Å². The summed E-state index contributed by atoms with van der Waals surface area (Å²) < 4.78 is 0. The van der Waals surface area contributed by atoms with Crippen molar-refractivity contribution >= 4 is 23.4 Å². The minimum Gasteiger partial charge on any atom is -0.326 e. The van der Waals surface area contributed by atoms with Gasteiger partial charge in [0.15, 0.2) is 0 Å². The average molecular weight is 236 g/mol. The minimum atomic E-state index is -0.0269. The molecule has 0 bridgehead atoms. The van der Waals surface area contributed by atoms with E-state index in [1.165, 1.54) is 17.6 Å². The van der Waals surface area contributed by atoms with Gasteiger partial charge in [0.2, 0.25) is 5.91 Å². The summed E-state index contributed by atoms with van der Waals surface area (Å²) in [5.74, 6) is 1.97. The molecule has 0 saturated carbocycles. The Bertz CT molecular complexity index is 360. The van der Waals surface area contributed by atoms with Crippen molar-refractivity contribution in [3.05, 3.63) is 24.3 Å². The maximum absolute atomic E-state index is 10.8. The summed E-state index contributed by atoms with van der Waals surface area (Å²) in [7, 11) is 0. The lowest BCUT2D eigenvalue weighted by Crippen LogP contribution is -2.43. The van der Waals surface area contributed by atoms with E-state index in [-0.39, 0.29) is 5.91 Å². The van der Waals surface area contributed by atoms with Gasteiger partial charge in [-0.05, 0) is 43.3 Å². The third-order valence-electron chi connectivity index (χ3n) is 2.53. The standard InChI is InChI=1S/C12H16N2OS/c1-9(15)14-11-2-4-12(5-3-11)16-8-10-6-13-7-10/h2-5,10,13H,6-8H2,1H3,(H,14,15). The van der Waals surface area contributed by atoms with Crippen LogP contribution in [0.15, 0.2) is 29.2 Å². The number of carbonyl (C=O) groups is 1. The molecule has 1 aromatic rings. The number of thioether (sulfide) groups is 1. The molecule has 0 spiro atoms. The smallest absolute Gasteiger partial charge is 0.221 e. The van der Waals surface area contributed by atoms with Crippen molar-refractivity contribution in [1.29, 1.82) is 0 Å². The summed E-state index contributed by atoms with van der Waals surface area (Å²) in [6.07, 6.45) is 0. The van der Waals surface area contributed by atoms with Crippen molar-refractivity contribution in [2.45, 2.75) is 11.8 Å². The number of rotatable bonds is 4. The number of hydrogen-bond acceptors (Lipinski definition) is 3. The van der Waals surface area contributed by atoms with Gasteiger partial charge in [-0.25, -0.2) is 0 Å². The van der Waals surface area contributed by atoms with Gasteiger partial charge in [-0.2, -0.15) is 0 Å². The molecule has 1 saturated heterocycles. The van der Waals surface area contributed by atoms with E-state index in [4.69, 9.17) is 0 Å². The van der Waals surface area contributed by atoms with E-state index in [2.05, 4.69) is 22.8 Å². The SMILES string of the molecule is CC(=O)Nc1ccc(SCC2CNC2)cc1. The molecule has 16 heavy (non-hydrogen) atoms. The fourth-order valence-electron chi connectivity index (χ4n) is 1.52. The summed E-state index contributed by atoms with van der Waals surface area (Å²) in [6, 6.07) is 8.01. The summed E-state index contributed by atoms with van der Waals surface area (Å²) in [4.78, 5) is 12.1. The molecule has 0 radical (unpaired) electrons. The van der Waals surface area contributed by atoms with Crippen LogP contribution in [0.4, 0.5) is 5.69 Å². The highest BCUT2D eigenvalue weighted by molar-refractivity contribution is 7.99. The summed E-state index contributed by atoms with van der Waals surface area (Å²) in [5, 5.41) is 6.03. The highest BCUT2D eigenvalue weighted by Gasteiger charge is 2.16. The molecule has 1 aliphatic rings. The van der Waals surface area contributed by atoms with Crippen LogP contribution >= 0.6 is 11.8 Å². The Hall–Kier alpha value is -1.00. The first kappa shape index (κ1) is 11.5. The van der Waals surface area contributed by atoms with Crippen LogP contribution in [0.3, 0.4) is 0 Å². The zero-order valence-electron chi connectivity index (χ0n) is 9.32. The Morgan fingerprint density at radius 3 is 2.62 bits per heavy atom. The van der Waals surface area contributed by atoms with Gasteiger partial charge in [0.25, 0.3) is 0 Å². The summed E-state index contributed by atoms with van der Waals surface area (Å²) in [6.45, 7) is 3.82. The third-order valence-corrected chi connectivity index (χ3v) is 3.77. The van der Waals surface area contributed by atoms with Crippen molar-refractivity contribution in [2.75, 3.05) is 24.2 Å². The predicted molar refractivity (Wildman–Crippen MR) is 67.8 cm³/mol. The van der Waals surface area contributed by atoms with Crippen LogP contribution < -0.4 is 10.6 Å². The molecular formula is C12H16N2OS. The zero-order chi connectivity index (χ0) is 11.4. The van der Waals surface area contributed by atoms with Crippen molar-refractivity contribution in [1.82, 2.24) is 5.32 Å². The number of hydrogen-bond donors (Lipinski definition) is 2. The molecule has 2 N–H and O–H groups in total. The van der Waals surface area contributed by atoms with Crippen LogP contribution in [-0.2, 0) is 4.79 Å². The largest absolute Gasteiger partial charge is 0.326 e. The quantitative estimate of drug-likeness (QED) is 0.785. The molecule has 0 aliphatic carbocycles. The number of carbonyl (C=O) groups excluding carboxylic acids is 1. The molecule has 1 aliphatic heterocycles. The topological polar surface area (TPSA) is 41.1 Å². The van der Waals surface area contributed by atoms with Gasteiger partial charge in [-0.3, -0.25) is 4.79 Å². The Morgan fingerprint density at radius 2 is 2.12 bits per heavy atom. The second-order valence-corrected chi connectivity index (χ2v) is 5.13. The molecule has 3 nitrogen and oxygen atoms in total. The fraction of sp³-hybridized carbons (Fsp3) is 0.417. The Morgan fingerprint density at radius 1 is 1.44 bits per heavy atom. The lowest BCUT2D eigenvalue weighted by Gasteiger charge is -2.26. The fourth-order valence-corrected chi connectivity index (χ4v) is 2.51. The van der Waals surface area contributed by atoms with E-state index in [1.54, 1.807) is 0 Å². The molecule has 86 valence electrons. The number of benzene rings is 1. The number of nitrogens with one attached hydrogen (secondary N) is 2. The number of amides is 1. The van der Waals surface area contributed by atoms with Gasteiger partial charge in [0, 0.05) is 23.3 Å². The molecule has 1 aromatic carbocycles. The monoisotopic (exact) mass is 236 g/mol. The molecule has 1 fully saturated rings. The van der Waals surface area contributed by atoms with Crippen molar-refractivity contribution in [3.63, 3.8) is 0 Å². The van der Waals surface area contributed by atoms with Crippen molar-refractivity contribution < 1.29 is 4.79 Å². The second-order valence-electron chi connectivity index (χ2n) is 4.04. The zero-order valence-corrected chi connectivity index (χ0v) is 10.1. The van der Waals surface area contributed by atoms with E-state index < -0.39 is 0 Å². The van der Waals surface area contributed by atoms with Crippen LogP contribution in [0.25, 0.3) is 0 Å². The Kier molecular flexibility index (Phi) is 3.85. The molecule has 0 unspecified atom stereocenters. The van der Waals surface area contributed by atoms with Crippen LogP contribution in [-0.4, -0.2) is 24.7 Å². The van der Waals surface area contributed by atoms with Crippen LogP contribution in [0, 0.1) is 5.92 Å². The molecule has 0 aromatic heterocycles. The lowest BCUT2D eigenvalue weighted by molar-refractivity contribution is -0.114. The van der Waals surface area contributed by atoms with E-state index in [9.17, 15) is 4.79 Å². The van der Waals surface area contributed by atoms with Crippen LogP contribution in [0.2, 0.25) is 0 Å². The Balaban J connectivity index is 1.83. The van der Waals surface area contributed by atoms with Crippen molar-refractivity contribution in [3.8, 4) is 0 Å². The molecule has 4 heteroatoms. The van der Waals surface area contributed by atoms with Crippen molar-refractivity contribution in [2.24, 2.45) is 5.92 Å². The maximum atomic E-state index is 10.8. The van der Waals surface area contributed by atoms with Gasteiger partial charge >= 0.3 is 0 Å². The average Bonchev–Trinajstić information content (AvgIpc) is 2.17. The maximum Gasteiger partial charge on any atom is 0.221 e. The van der Waals surface area contributed by atoms with E-state index >= 15 is 0 Å². The first-order chi connectivity index (χ1) is 7.74. The summed E-state index contributed by atoms with van der Waals surface area (Å²) in [5.41, 5.74) is 0.863. The summed E-state index contributed by atoms with van der Waals surface area (Å²) >= 11 is 1.88. The molecule has 1 heterocycles. The van der Waals surface area contributed by atoms with Gasteiger partial charge < -0.3 is 10.6 Å². The van der Waals surface area contributed by atoms with Crippen LogP contribution in [0.1, 0.15) is 6.92 Å². The molecular weight excluding hydrogens is 220 g/mol. The number of anilines is 1. The van der Waals surface area contributed by atoms with E-state index in [0.717, 1.165) is 24.7 Å². The first-order valence-corrected chi connectivity index (χ1v) is 6.44. The molecule has 1 amide bonds. The van der Waals surface area contributed by atoms with Gasteiger partial charge in [0.1, 0.15) is 0 Å². The minimum absolute atomic E-state index is 0.0269. The third kappa shape index (κ3) is 3.25.